The van der Waals surface area contributed by atoms with Crippen molar-refractivity contribution in [2.45, 2.75) is 13.3 Å². The summed E-state index contributed by atoms with van der Waals surface area (Å²) in [4.78, 5) is 2.24. The Morgan fingerprint density at radius 1 is 1.35 bits per heavy atom. The minimum absolute atomic E-state index is 0.241. The standard InChI is InChI=1S/C13H19FN2O/c1-2-9-17-13-10-11(14)3-4-12(13)16-7-5-15-6-8-16/h3-4,10,15H,2,5-9H2,1H3. The smallest absolute Gasteiger partial charge is 0.145 e. The zero-order valence-corrected chi connectivity index (χ0v) is 10.2. The van der Waals surface area contributed by atoms with E-state index in [2.05, 4.69) is 10.2 Å². The van der Waals surface area contributed by atoms with E-state index in [4.69, 9.17) is 4.74 Å². The van der Waals surface area contributed by atoms with Crippen LogP contribution in [0.4, 0.5) is 10.1 Å². The molecule has 1 aromatic carbocycles. The molecule has 1 heterocycles. The molecule has 1 aliphatic rings. The van der Waals surface area contributed by atoms with Gasteiger partial charge in [-0.3, -0.25) is 0 Å². The number of nitrogens with zero attached hydrogens (tertiary/aromatic N) is 1. The third-order valence-electron chi connectivity index (χ3n) is 2.84. The number of hydrogen-bond donors (Lipinski definition) is 1. The molecule has 0 atom stereocenters. The van der Waals surface area contributed by atoms with Gasteiger partial charge < -0.3 is 15.0 Å². The molecule has 0 radical (unpaired) electrons. The van der Waals surface area contributed by atoms with Crippen LogP contribution in [0.2, 0.25) is 0 Å². The van der Waals surface area contributed by atoms with Crippen LogP contribution in [0, 0.1) is 5.82 Å². The minimum atomic E-state index is -0.241. The lowest BCUT2D eigenvalue weighted by atomic mass is 10.2. The Morgan fingerprint density at radius 3 is 2.82 bits per heavy atom. The lowest BCUT2D eigenvalue weighted by Gasteiger charge is -2.30. The summed E-state index contributed by atoms with van der Waals surface area (Å²) in [7, 11) is 0. The van der Waals surface area contributed by atoms with Crippen LogP contribution in [0.3, 0.4) is 0 Å². The van der Waals surface area contributed by atoms with E-state index in [1.165, 1.54) is 12.1 Å². The normalized spacial score (nSPS) is 16.0. The predicted octanol–water partition coefficient (Wildman–Crippen LogP) is 2.02. The van der Waals surface area contributed by atoms with Crippen molar-refractivity contribution < 1.29 is 9.13 Å². The van der Waals surface area contributed by atoms with Crippen LogP contribution in [-0.4, -0.2) is 32.8 Å². The van der Waals surface area contributed by atoms with Gasteiger partial charge in [0.15, 0.2) is 0 Å². The molecule has 1 saturated heterocycles. The van der Waals surface area contributed by atoms with Gasteiger partial charge in [-0.1, -0.05) is 6.92 Å². The van der Waals surface area contributed by atoms with Gasteiger partial charge in [-0.05, 0) is 18.6 Å². The SMILES string of the molecule is CCCOc1cc(F)ccc1N1CCNCC1. The van der Waals surface area contributed by atoms with Crippen LogP contribution in [-0.2, 0) is 0 Å². The van der Waals surface area contributed by atoms with Gasteiger partial charge in [0.05, 0.1) is 12.3 Å². The second kappa shape index (κ2) is 5.87. The van der Waals surface area contributed by atoms with Crippen LogP contribution in [0.15, 0.2) is 18.2 Å². The average Bonchev–Trinajstić information content (AvgIpc) is 2.37. The van der Waals surface area contributed by atoms with Crippen molar-refractivity contribution in [1.82, 2.24) is 5.32 Å². The molecule has 3 nitrogen and oxygen atoms in total. The first-order valence-electron chi connectivity index (χ1n) is 6.19. The molecule has 2 rings (SSSR count). The molecule has 94 valence electrons. The zero-order chi connectivity index (χ0) is 12.1. The molecule has 0 saturated carbocycles. The number of hydrogen-bond acceptors (Lipinski definition) is 3. The minimum Gasteiger partial charge on any atom is -0.491 e. The molecular formula is C13H19FN2O. The largest absolute Gasteiger partial charge is 0.491 e. The summed E-state index contributed by atoms with van der Waals surface area (Å²) < 4.78 is 18.8. The van der Waals surface area contributed by atoms with Crippen LogP contribution in [0.5, 0.6) is 5.75 Å². The maximum Gasteiger partial charge on any atom is 0.145 e. The maximum atomic E-state index is 13.2. The molecular weight excluding hydrogens is 219 g/mol. The van der Waals surface area contributed by atoms with Gasteiger partial charge in [0.1, 0.15) is 11.6 Å². The number of ether oxygens (including phenoxy) is 1. The quantitative estimate of drug-likeness (QED) is 0.868. The summed E-state index contributed by atoms with van der Waals surface area (Å²) >= 11 is 0. The zero-order valence-electron chi connectivity index (χ0n) is 10.2. The number of piperazine rings is 1. The van der Waals surface area contributed by atoms with Gasteiger partial charge in [0.25, 0.3) is 0 Å². The van der Waals surface area contributed by atoms with Gasteiger partial charge in [-0.15, -0.1) is 0 Å². The van der Waals surface area contributed by atoms with E-state index in [1.807, 2.05) is 13.0 Å². The molecule has 4 heteroatoms. The summed E-state index contributed by atoms with van der Waals surface area (Å²) in [5.74, 6) is 0.420. The maximum absolute atomic E-state index is 13.2. The molecule has 1 aromatic rings. The third kappa shape index (κ3) is 3.09. The van der Waals surface area contributed by atoms with E-state index in [0.717, 1.165) is 38.3 Å². The Morgan fingerprint density at radius 2 is 2.12 bits per heavy atom. The van der Waals surface area contributed by atoms with Crippen molar-refractivity contribution in [1.29, 1.82) is 0 Å². The summed E-state index contributed by atoms with van der Waals surface area (Å²) in [6, 6.07) is 4.79. The Balaban J connectivity index is 2.18. The van der Waals surface area contributed by atoms with E-state index in [0.29, 0.717) is 12.4 Å². The van der Waals surface area contributed by atoms with Gasteiger partial charge >= 0.3 is 0 Å². The van der Waals surface area contributed by atoms with Crippen LogP contribution >= 0.6 is 0 Å². The van der Waals surface area contributed by atoms with Crippen LogP contribution < -0.4 is 15.0 Å². The van der Waals surface area contributed by atoms with E-state index < -0.39 is 0 Å². The molecule has 1 fully saturated rings. The molecule has 1 aliphatic heterocycles. The highest BCUT2D eigenvalue weighted by atomic mass is 19.1. The van der Waals surface area contributed by atoms with Crippen LogP contribution in [0.25, 0.3) is 0 Å². The topological polar surface area (TPSA) is 24.5 Å². The Kier molecular flexibility index (Phi) is 4.20. The molecule has 17 heavy (non-hydrogen) atoms. The van der Waals surface area contributed by atoms with E-state index in [1.54, 1.807) is 0 Å². The first-order valence-corrected chi connectivity index (χ1v) is 6.19. The van der Waals surface area contributed by atoms with E-state index in [9.17, 15) is 4.39 Å². The van der Waals surface area contributed by atoms with Crippen molar-refractivity contribution >= 4 is 5.69 Å². The fourth-order valence-electron chi connectivity index (χ4n) is 1.98. The van der Waals surface area contributed by atoms with Crippen molar-refractivity contribution in [3.8, 4) is 5.75 Å². The van der Waals surface area contributed by atoms with Gasteiger partial charge in [-0.25, -0.2) is 4.39 Å². The van der Waals surface area contributed by atoms with Gasteiger partial charge in [0.2, 0.25) is 0 Å². The van der Waals surface area contributed by atoms with Crippen molar-refractivity contribution in [3.63, 3.8) is 0 Å². The second-order valence-electron chi connectivity index (χ2n) is 4.20. The molecule has 0 amide bonds. The number of benzene rings is 1. The third-order valence-corrected chi connectivity index (χ3v) is 2.84. The highest BCUT2D eigenvalue weighted by Crippen LogP contribution is 2.29. The lowest BCUT2D eigenvalue weighted by Crippen LogP contribution is -2.43. The molecule has 1 N–H and O–H groups in total. The fourth-order valence-corrected chi connectivity index (χ4v) is 1.98. The van der Waals surface area contributed by atoms with E-state index >= 15 is 0 Å². The summed E-state index contributed by atoms with van der Waals surface area (Å²) in [5, 5.41) is 3.30. The number of halogens is 1. The van der Waals surface area contributed by atoms with Crippen molar-refractivity contribution in [3.05, 3.63) is 24.0 Å². The first-order chi connectivity index (χ1) is 8.31. The molecule has 0 aliphatic carbocycles. The van der Waals surface area contributed by atoms with Crippen molar-refractivity contribution in [2.24, 2.45) is 0 Å². The highest BCUT2D eigenvalue weighted by Gasteiger charge is 2.15. The number of anilines is 1. The Labute approximate surface area is 102 Å². The Hall–Kier alpha value is -1.29. The number of rotatable bonds is 4. The monoisotopic (exact) mass is 238 g/mol. The summed E-state index contributed by atoms with van der Waals surface area (Å²) in [5.41, 5.74) is 1.00. The lowest BCUT2D eigenvalue weighted by molar-refractivity contribution is 0.315. The Bertz CT molecular complexity index is 364. The van der Waals surface area contributed by atoms with Crippen LogP contribution in [0.1, 0.15) is 13.3 Å². The van der Waals surface area contributed by atoms with E-state index in [-0.39, 0.29) is 5.82 Å². The first kappa shape index (κ1) is 12.2. The number of nitrogens with one attached hydrogen (secondary N) is 1. The molecule has 0 spiro atoms. The fraction of sp³-hybridized carbons (Fsp3) is 0.538. The highest BCUT2D eigenvalue weighted by molar-refractivity contribution is 5.59. The summed E-state index contributed by atoms with van der Waals surface area (Å²) in [6.07, 6.45) is 0.928. The van der Waals surface area contributed by atoms with Crippen molar-refractivity contribution in [2.75, 3.05) is 37.7 Å². The average molecular weight is 238 g/mol. The summed E-state index contributed by atoms with van der Waals surface area (Å²) in [6.45, 7) is 6.48. The predicted molar refractivity (Wildman–Crippen MR) is 67.3 cm³/mol. The van der Waals surface area contributed by atoms with Gasteiger partial charge in [0, 0.05) is 32.2 Å². The molecule has 0 aromatic heterocycles. The second-order valence-corrected chi connectivity index (χ2v) is 4.20. The molecule has 0 bridgehead atoms. The molecule has 0 unspecified atom stereocenters. The van der Waals surface area contributed by atoms with Gasteiger partial charge in [-0.2, -0.15) is 0 Å².